The number of hydrazine groups is 1. The van der Waals surface area contributed by atoms with Gasteiger partial charge in [0, 0.05) is 17.0 Å². The monoisotopic (exact) mass is 335 g/mol. The molecule has 0 aliphatic carbocycles. The summed E-state index contributed by atoms with van der Waals surface area (Å²) in [5.74, 6) is 7.56. The molecule has 2 rings (SSSR count). The Bertz CT molecular complexity index is 600. The van der Waals surface area contributed by atoms with E-state index in [4.69, 9.17) is 5.84 Å². The van der Waals surface area contributed by atoms with Crippen LogP contribution in [0.1, 0.15) is 24.7 Å². The van der Waals surface area contributed by atoms with Gasteiger partial charge in [-0.3, -0.25) is 0 Å². The summed E-state index contributed by atoms with van der Waals surface area (Å²) in [5.41, 5.74) is 4.70. The average Bonchev–Trinajstić information content (AvgIpc) is 2.44. The number of nitrogens with one attached hydrogen (secondary N) is 2. The van der Waals surface area contributed by atoms with Crippen molar-refractivity contribution in [3.05, 3.63) is 40.1 Å². The first-order valence-corrected chi connectivity index (χ1v) is 7.30. The minimum atomic E-state index is 0.606. The van der Waals surface area contributed by atoms with Crippen LogP contribution in [0.5, 0.6) is 0 Å². The molecule has 0 aliphatic rings. The smallest absolute Gasteiger partial charge is 0.145 e. The Hall–Kier alpha value is -1.66. The molecule has 106 valence electrons. The number of aromatic nitrogens is 2. The summed E-state index contributed by atoms with van der Waals surface area (Å²) in [5, 5.41) is 3.29. The quantitative estimate of drug-likeness (QED) is 0.575. The molecule has 2 aromatic rings. The third kappa shape index (κ3) is 3.46. The molecule has 20 heavy (non-hydrogen) atoms. The van der Waals surface area contributed by atoms with Crippen molar-refractivity contribution in [1.29, 1.82) is 0 Å². The zero-order valence-corrected chi connectivity index (χ0v) is 13.2. The highest BCUT2D eigenvalue weighted by molar-refractivity contribution is 9.10. The second kappa shape index (κ2) is 6.67. The van der Waals surface area contributed by atoms with Gasteiger partial charge < -0.3 is 10.7 Å². The Balaban J connectivity index is 2.32. The van der Waals surface area contributed by atoms with Crippen LogP contribution in [0, 0.1) is 6.92 Å². The number of nitrogens with two attached hydrogens (primary N) is 1. The van der Waals surface area contributed by atoms with E-state index < -0.39 is 0 Å². The Morgan fingerprint density at radius 1 is 1.25 bits per heavy atom. The van der Waals surface area contributed by atoms with Crippen molar-refractivity contribution < 1.29 is 0 Å². The fourth-order valence-corrected chi connectivity index (χ4v) is 2.22. The van der Waals surface area contributed by atoms with Gasteiger partial charge in [0.05, 0.1) is 5.69 Å². The van der Waals surface area contributed by atoms with E-state index in [-0.39, 0.29) is 0 Å². The zero-order chi connectivity index (χ0) is 14.5. The number of nitrogens with zero attached hydrogens (tertiary/aromatic N) is 2. The lowest BCUT2D eigenvalue weighted by atomic mass is 10.2. The molecule has 0 unspecified atom stereocenters. The summed E-state index contributed by atoms with van der Waals surface area (Å²) in [7, 11) is 0. The average molecular weight is 336 g/mol. The third-order valence-corrected chi connectivity index (χ3v) is 3.90. The number of hydrogen-bond donors (Lipinski definition) is 3. The largest absolute Gasteiger partial charge is 0.339 e. The summed E-state index contributed by atoms with van der Waals surface area (Å²) in [6, 6.07) is 7.82. The topological polar surface area (TPSA) is 75.9 Å². The summed E-state index contributed by atoms with van der Waals surface area (Å²) in [6.07, 6.45) is 1.81. The standard InChI is InChI=1S/C14H18BrN5/c1-3-5-11-18-12(8-13(19-11)20-16)17-10-7-4-6-9(2)14(10)15/h4,6-8H,3,5,16H2,1-2H3,(H2,17,18,19,20). The lowest BCUT2D eigenvalue weighted by Gasteiger charge is -2.12. The molecule has 0 bridgehead atoms. The first-order valence-electron chi connectivity index (χ1n) is 6.50. The van der Waals surface area contributed by atoms with Crippen LogP contribution in [0.25, 0.3) is 0 Å². The first-order chi connectivity index (χ1) is 9.63. The highest BCUT2D eigenvalue weighted by Crippen LogP contribution is 2.28. The SMILES string of the molecule is CCCc1nc(NN)cc(Nc2cccc(C)c2Br)n1. The van der Waals surface area contributed by atoms with Crippen LogP contribution in [-0.4, -0.2) is 9.97 Å². The number of benzene rings is 1. The van der Waals surface area contributed by atoms with E-state index in [2.05, 4.69) is 43.6 Å². The number of nitrogen functional groups attached to an aromatic ring is 1. The molecule has 0 saturated carbocycles. The normalized spacial score (nSPS) is 10.4. The minimum absolute atomic E-state index is 0.606. The molecule has 1 heterocycles. The molecule has 6 heteroatoms. The van der Waals surface area contributed by atoms with E-state index >= 15 is 0 Å². The van der Waals surface area contributed by atoms with Gasteiger partial charge >= 0.3 is 0 Å². The van der Waals surface area contributed by atoms with Crippen molar-refractivity contribution >= 4 is 33.3 Å². The molecule has 4 N–H and O–H groups in total. The Morgan fingerprint density at radius 3 is 2.70 bits per heavy atom. The van der Waals surface area contributed by atoms with Crippen LogP contribution >= 0.6 is 15.9 Å². The molecule has 0 spiro atoms. The van der Waals surface area contributed by atoms with Gasteiger partial charge in [-0.15, -0.1) is 0 Å². The maximum absolute atomic E-state index is 5.45. The summed E-state index contributed by atoms with van der Waals surface area (Å²) >= 11 is 3.58. The van der Waals surface area contributed by atoms with Crippen molar-refractivity contribution in [2.24, 2.45) is 5.84 Å². The predicted molar refractivity (Wildman–Crippen MR) is 86.0 cm³/mol. The summed E-state index contributed by atoms with van der Waals surface area (Å²) in [6.45, 7) is 4.14. The highest BCUT2D eigenvalue weighted by atomic mass is 79.9. The van der Waals surface area contributed by atoms with Gasteiger partial charge in [-0.2, -0.15) is 0 Å². The van der Waals surface area contributed by atoms with Crippen LogP contribution in [0.2, 0.25) is 0 Å². The summed E-state index contributed by atoms with van der Waals surface area (Å²) in [4.78, 5) is 8.82. The molecule has 0 fully saturated rings. The van der Waals surface area contributed by atoms with E-state index in [9.17, 15) is 0 Å². The van der Waals surface area contributed by atoms with Gasteiger partial charge in [-0.25, -0.2) is 15.8 Å². The number of halogens is 1. The third-order valence-electron chi connectivity index (χ3n) is 2.85. The predicted octanol–water partition coefficient (Wildman–Crippen LogP) is 3.53. The number of rotatable bonds is 5. The van der Waals surface area contributed by atoms with E-state index in [1.807, 2.05) is 25.1 Å². The molecule has 0 amide bonds. The van der Waals surface area contributed by atoms with Gasteiger partial charge in [0.15, 0.2) is 0 Å². The maximum Gasteiger partial charge on any atom is 0.145 e. The number of hydrogen-bond acceptors (Lipinski definition) is 5. The second-order valence-corrected chi connectivity index (χ2v) is 5.30. The Kier molecular flexibility index (Phi) is 4.92. The first kappa shape index (κ1) is 14.7. The van der Waals surface area contributed by atoms with Crippen LogP contribution < -0.4 is 16.6 Å². The molecular formula is C14H18BrN5. The highest BCUT2D eigenvalue weighted by Gasteiger charge is 2.07. The van der Waals surface area contributed by atoms with Gasteiger partial charge in [0.2, 0.25) is 0 Å². The summed E-state index contributed by atoms with van der Waals surface area (Å²) < 4.78 is 1.03. The second-order valence-electron chi connectivity index (χ2n) is 4.51. The van der Waals surface area contributed by atoms with Crippen LogP contribution in [0.15, 0.2) is 28.7 Å². The van der Waals surface area contributed by atoms with Gasteiger partial charge in [0.25, 0.3) is 0 Å². The molecular weight excluding hydrogens is 318 g/mol. The molecule has 0 atom stereocenters. The number of aryl methyl sites for hydroxylation is 2. The lowest BCUT2D eigenvalue weighted by Crippen LogP contribution is -2.11. The lowest BCUT2D eigenvalue weighted by molar-refractivity contribution is 0.837. The molecule has 0 saturated heterocycles. The van der Waals surface area contributed by atoms with Crippen LogP contribution in [0.4, 0.5) is 17.3 Å². The minimum Gasteiger partial charge on any atom is -0.339 e. The maximum atomic E-state index is 5.45. The van der Waals surface area contributed by atoms with E-state index in [1.165, 1.54) is 0 Å². The molecule has 0 aliphatic heterocycles. The Labute approximate surface area is 127 Å². The van der Waals surface area contributed by atoms with Crippen molar-refractivity contribution in [1.82, 2.24) is 9.97 Å². The fourth-order valence-electron chi connectivity index (χ4n) is 1.85. The zero-order valence-electron chi connectivity index (χ0n) is 11.6. The van der Waals surface area contributed by atoms with Gasteiger partial charge in [-0.1, -0.05) is 19.1 Å². The van der Waals surface area contributed by atoms with E-state index in [1.54, 1.807) is 6.07 Å². The van der Waals surface area contributed by atoms with Gasteiger partial charge in [-0.05, 0) is 40.9 Å². The van der Waals surface area contributed by atoms with Crippen LogP contribution in [0.3, 0.4) is 0 Å². The van der Waals surface area contributed by atoms with E-state index in [0.717, 1.165) is 40.2 Å². The fraction of sp³-hybridized carbons (Fsp3) is 0.286. The number of anilines is 3. The molecule has 5 nitrogen and oxygen atoms in total. The molecule has 1 aromatic heterocycles. The van der Waals surface area contributed by atoms with Crippen molar-refractivity contribution in [2.75, 3.05) is 10.7 Å². The van der Waals surface area contributed by atoms with Gasteiger partial charge in [0.1, 0.15) is 17.5 Å². The van der Waals surface area contributed by atoms with Crippen molar-refractivity contribution in [2.45, 2.75) is 26.7 Å². The molecule has 0 radical (unpaired) electrons. The van der Waals surface area contributed by atoms with E-state index in [0.29, 0.717) is 5.82 Å². The Morgan fingerprint density at radius 2 is 2.00 bits per heavy atom. The van der Waals surface area contributed by atoms with Crippen molar-refractivity contribution in [3.63, 3.8) is 0 Å². The van der Waals surface area contributed by atoms with Crippen LogP contribution in [-0.2, 0) is 6.42 Å². The molecule has 1 aromatic carbocycles. The van der Waals surface area contributed by atoms with Crippen molar-refractivity contribution in [3.8, 4) is 0 Å².